The Hall–Kier alpha value is -1.03. The average molecular weight is 242 g/mol. The van der Waals surface area contributed by atoms with E-state index in [1.165, 1.54) is 32.0 Å². The van der Waals surface area contributed by atoms with E-state index in [1.54, 1.807) is 0 Å². The van der Waals surface area contributed by atoms with E-state index in [2.05, 4.69) is 15.3 Å². The molecule has 0 spiro atoms. The van der Waals surface area contributed by atoms with Crippen LogP contribution in [0.2, 0.25) is 5.02 Å². The predicted octanol–water partition coefficient (Wildman–Crippen LogP) is 2.42. The van der Waals surface area contributed by atoms with Gasteiger partial charge in [-0.15, -0.1) is 0 Å². The van der Waals surface area contributed by atoms with Crippen molar-refractivity contribution in [3.63, 3.8) is 0 Å². The highest BCUT2D eigenvalue weighted by atomic mass is 35.5. The van der Waals surface area contributed by atoms with Gasteiger partial charge in [0.15, 0.2) is 5.82 Å². The first kappa shape index (κ1) is 11.5. The third kappa shape index (κ3) is 2.76. The summed E-state index contributed by atoms with van der Waals surface area (Å²) in [6.45, 7) is 0.834. The second-order valence-corrected chi connectivity index (χ2v) is 4.64. The van der Waals surface area contributed by atoms with E-state index in [-0.39, 0.29) is 10.6 Å². The number of nitrogens with one attached hydrogen (secondary N) is 2. The first-order valence-electron chi connectivity index (χ1n) is 5.74. The summed E-state index contributed by atoms with van der Waals surface area (Å²) < 4.78 is 0. The van der Waals surface area contributed by atoms with Crippen LogP contribution in [0.15, 0.2) is 11.1 Å². The Labute approximate surface area is 99.4 Å². The molecule has 0 unspecified atom stereocenters. The van der Waals surface area contributed by atoms with Gasteiger partial charge >= 0.3 is 0 Å². The number of aromatic nitrogens is 2. The zero-order valence-corrected chi connectivity index (χ0v) is 9.89. The fourth-order valence-corrected chi connectivity index (χ4v) is 2.37. The van der Waals surface area contributed by atoms with Gasteiger partial charge in [-0.2, -0.15) is 0 Å². The molecular formula is C11H16ClN3O. The predicted molar refractivity (Wildman–Crippen MR) is 64.9 cm³/mol. The molecule has 88 valence electrons. The molecule has 2 N–H and O–H groups in total. The summed E-state index contributed by atoms with van der Waals surface area (Å²) in [7, 11) is 0. The standard InChI is InChI=1S/C11H16ClN3O/c12-9-10(14-7-15-11(9)16)13-6-5-8-3-1-2-4-8/h7-8H,1-6H2,(H2,13,14,15,16). The molecule has 0 atom stereocenters. The lowest BCUT2D eigenvalue weighted by Crippen LogP contribution is -2.13. The average Bonchev–Trinajstić information content (AvgIpc) is 2.77. The third-order valence-electron chi connectivity index (χ3n) is 3.12. The lowest BCUT2D eigenvalue weighted by atomic mass is 10.0. The van der Waals surface area contributed by atoms with Crippen LogP contribution < -0.4 is 10.9 Å². The minimum atomic E-state index is -0.292. The summed E-state index contributed by atoms with van der Waals surface area (Å²) in [6, 6.07) is 0. The Morgan fingerprint density at radius 3 is 3.00 bits per heavy atom. The molecule has 16 heavy (non-hydrogen) atoms. The number of hydrogen-bond donors (Lipinski definition) is 2. The quantitative estimate of drug-likeness (QED) is 0.851. The highest BCUT2D eigenvalue weighted by Crippen LogP contribution is 2.27. The van der Waals surface area contributed by atoms with Crippen molar-refractivity contribution in [1.29, 1.82) is 0 Å². The minimum absolute atomic E-state index is 0.147. The summed E-state index contributed by atoms with van der Waals surface area (Å²) in [5.74, 6) is 1.32. The molecule has 2 rings (SSSR count). The summed E-state index contributed by atoms with van der Waals surface area (Å²) in [6.07, 6.45) is 7.87. The van der Waals surface area contributed by atoms with E-state index < -0.39 is 0 Å². The maximum Gasteiger partial charge on any atom is 0.271 e. The Balaban J connectivity index is 1.84. The van der Waals surface area contributed by atoms with Crippen molar-refractivity contribution in [2.24, 2.45) is 5.92 Å². The zero-order valence-electron chi connectivity index (χ0n) is 9.13. The fraction of sp³-hybridized carbons (Fsp3) is 0.636. The largest absolute Gasteiger partial charge is 0.369 e. The molecule has 0 amide bonds. The number of hydrogen-bond acceptors (Lipinski definition) is 3. The van der Waals surface area contributed by atoms with Gasteiger partial charge in [-0.05, 0) is 12.3 Å². The van der Waals surface area contributed by atoms with Crippen LogP contribution in [-0.2, 0) is 0 Å². The molecule has 1 aliphatic rings. The van der Waals surface area contributed by atoms with Crippen LogP contribution in [0.1, 0.15) is 32.1 Å². The number of nitrogens with zero attached hydrogens (tertiary/aromatic N) is 1. The van der Waals surface area contributed by atoms with E-state index in [0.29, 0.717) is 5.82 Å². The van der Waals surface area contributed by atoms with Crippen molar-refractivity contribution < 1.29 is 0 Å². The third-order valence-corrected chi connectivity index (χ3v) is 3.47. The molecule has 1 aliphatic carbocycles. The highest BCUT2D eigenvalue weighted by Gasteiger charge is 2.14. The monoisotopic (exact) mass is 241 g/mol. The summed E-state index contributed by atoms with van der Waals surface area (Å²) in [5, 5.41) is 3.26. The SMILES string of the molecule is O=c1[nH]cnc(NCCC2CCCC2)c1Cl. The van der Waals surface area contributed by atoms with Gasteiger partial charge < -0.3 is 10.3 Å². The van der Waals surface area contributed by atoms with E-state index in [9.17, 15) is 4.79 Å². The zero-order chi connectivity index (χ0) is 11.4. The molecule has 5 heteroatoms. The maximum atomic E-state index is 11.2. The number of rotatable bonds is 4. The van der Waals surface area contributed by atoms with E-state index in [4.69, 9.17) is 11.6 Å². The molecule has 0 radical (unpaired) electrons. The summed E-state index contributed by atoms with van der Waals surface area (Å²) in [4.78, 5) is 17.6. The Bertz CT molecular complexity index is 398. The van der Waals surface area contributed by atoms with Gasteiger partial charge in [-0.3, -0.25) is 4.79 Å². The second-order valence-electron chi connectivity index (χ2n) is 4.26. The van der Waals surface area contributed by atoms with E-state index in [0.717, 1.165) is 18.9 Å². The van der Waals surface area contributed by atoms with Crippen LogP contribution >= 0.6 is 11.6 Å². The normalized spacial score (nSPS) is 16.6. The first-order chi connectivity index (χ1) is 7.77. The van der Waals surface area contributed by atoms with Crippen LogP contribution in [0.3, 0.4) is 0 Å². The molecular weight excluding hydrogens is 226 g/mol. The van der Waals surface area contributed by atoms with Crippen molar-refractivity contribution in [1.82, 2.24) is 9.97 Å². The molecule has 1 fully saturated rings. The summed E-state index contributed by atoms with van der Waals surface area (Å²) in [5.41, 5.74) is -0.292. The van der Waals surface area contributed by atoms with Gasteiger partial charge in [0.25, 0.3) is 5.56 Å². The molecule has 1 heterocycles. The van der Waals surface area contributed by atoms with E-state index in [1.807, 2.05) is 0 Å². The first-order valence-corrected chi connectivity index (χ1v) is 6.12. The van der Waals surface area contributed by atoms with Crippen LogP contribution in [0.25, 0.3) is 0 Å². The molecule has 0 aliphatic heterocycles. The molecule has 0 aromatic carbocycles. The number of halogens is 1. The second kappa shape index (κ2) is 5.34. The van der Waals surface area contributed by atoms with Crippen molar-refractivity contribution in [3.8, 4) is 0 Å². The number of anilines is 1. The Morgan fingerprint density at radius 1 is 1.50 bits per heavy atom. The van der Waals surface area contributed by atoms with Crippen LogP contribution in [0, 0.1) is 5.92 Å². The fourth-order valence-electron chi connectivity index (χ4n) is 2.20. The minimum Gasteiger partial charge on any atom is -0.369 e. The van der Waals surface area contributed by atoms with Crippen molar-refractivity contribution in [2.45, 2.75) is 32.1 Å². The van der Waals surface area contributed by atoms with Gasteiger partial charge in [0.1, 0.15) is 5.02 Å². The van der Waals surface area contributed by atoms with Crippen LogP contribution in [-0.4, -0.2) is 16.5 Å². The Kier molecular flexibility index (Phi) is 3.83. The molecule has 1 aromatic heterocycles. The van der Waals surface area contributed by atoms with Crippen molar-refractivity contribution in [2.75, 3.05) is 11.9 Å². The topological polar surface area (TPSA) is 57.8 Å². The molecule has 1 saturated carbocycles. The van der Waals surface area contributed by atoms with E-state index >= 15 is 0 Å². The molecule has 4 nitrogen and oxygen atoms in total. The number of aromatic amines is 1. The molecule has 0 bridgehead atoms. The van der Waals surface area contributed by atoms with Gasteiger partial charge in [0.2, 0.25) is 0 Å². The van der Waals surface area contributed by atoms with Gasteiger partial charge in [-0.25, -0.2) is 4.98 Å². The van der Waals surface area contributed by atoms with Gasteiger partial charge in [0, 0.05) is 6.54 Å². The number of H-pyrrole nitrogens is 1. The Morgan fingerprint density at radius 2 is 2.25 bits per heavy atom. The lowest BCUT2D eigenvalue weighted by Gasteiger charge is -2.10. The summed E-state index contributed by atoms with van der Waals surface area (Å²) >= 11 is 5.82. The lowest BCUT2D eigenvalue weighted by molar-refractivity contribution is 0.518. The van der Waals surface area contributed by atoms with Crippen LogP contribution in [0.4, 0.5) is 5.82 Å². The van der Waals surface area contributed by atoms with Crippen molar-refractivity contribution >= 4 is 17.4 Å². The smallest absolute Gasteiger partial charge is 0.271 e. The van der Waals surface area contributed by atoms with Gasteiger partial charge in [0.05, 0.1) is 6.33 Å². The molecule has 1 aromatic rings. The van der Waals surface area contributed by atoms with Crippen molar-refractivity contribution in [3.05, 3.63) is 21.7 Å². The van der Waals surface area contributed by atoms with Crippen LogP contribution in [0.5, 0.6) is 0 Å². The highest BCUT2D eigenvalue weighted by molar-refractivity contribution is 6.32. The van der Waals surface area contributed by atoms with Gasteiger partial charge in [-0.1, -0.05) is 37.3 Å². The maximum absolute atomic E-state index is 11.2. The molecule has 0 saturated heterocycles.